The van der Waals surface area contributed by atoms with Gasteiger partial charge in [-0.15, -0.1) is 4.28 Å². The Bertz CT molecular complexity index is 706. The van der Waals surface area contributed by atoms with Crippen LogP contribution in [0.25, 0.3) is 0 Å². The number of ether oxygens (including phenoxy) is 1. The molecule has 152 valence electrons. The summed E-state index contributed by atoms with van der Waals surface area (Å²) in [6, 6.07) is -2.09. The van der Waals surface area contributed by atoms with Crippen molar-refractivity contribution in [1.29, 1.82) is 0 Å². The Balaban J connectivity index is 1.50. The van der Waals surface area contributed by atoms with Crippen LogP contribution >= 0.6 is 0 Å². The van der Waals surface area contributed by atoms with E-state index < -0.39 is 47.2 Å². The molecular weight excluding hydrogens is 382 g/mol. The fourth-order valence-electron chi connectivity index (χ4n) is 3.74. The standard InChI is InChI=1S/C15H23N3O8S/c16-13(19)12-7-6-11-8-17(12)15(21)18(11)26-27(22,23)25-9-24-14(20)10-4-2-1-3-5-10/h10-12H,1-9H2,(H2,16,19)/t11-,12+/m1/s1. The lowest BCUT2D eigenvalue weighted by atomic mass is 9.89. The molecule has 2 aliphatic heterocycles. The van der Waals surface area contributed by atoms with Crippen LogP contribution in [0.2, 0.25) is 0 Å². The van der Waals surface area contributed by atoms with E-state index >= 15 is 0 Å². The van der Waals surface area contributed by atoms with Gasteiger partial charge in [-0.1, -0.05) is 19.3 Å². The van der Waals surface area contributed by atoms with Gasteiger partial charge < -0.3 is 15.4 Å². The maximum atomic E-state index is 12.3. The van der Waals surface area contributed by atoms with Crippen molar-refractivity contribution in [1.82, 2.24) is 9.96 Å². The molecule has 2 saturated heterocycles. The molecule has 3 rings (SSSR count). The van der Waals surface area contributed by atoms with Gasteiger partial charge in [0.15, 0.2) is 0 Å². The highest BCUT2D eigenvalue weighted by Gasteiger charge is 2.49. The summed E-state index contributed by atoms with van der Waals surface area (Å²) in [7, 11) is -4.62. The summed E-state index contributed by atoms with van der Waals surface area (Å²) in [6.45, 7) is -0.684. The van der Waals surface area contributed by atoms with E-state index in [0.717, 1.165) is 19.3 Å². The average molecular weight is 405 g/mol. The van der Waals surface area contributed by atoms with E-state index in [-0.39, 0.29) is 12.5 Å². The predicted molar refractivity (Wildman–Crippen MR) is 88.6 cm³/mol. The van der Waals surface area contributed by atoms with Crippen molar-refractivity contribution in [3.05, 3.63) is 0 Å². The maximum Gasteiger partial charge on any atom is 0.424 e. The van der Waals surface area contributed by atoms with Crippen LogP contribution in [0.1, 0.15) is 44.9 Å². The Morgan fingerprint density at radius 3 is 2.48 bits per heavy atom. The monoisotopic (exact) mass is 405 g/mol. The van der Waals surface area contributed by atoms with Crippen LogP contribution in [0.4, 0.5) is 4.79 Å². The van der Waals surface area contributed by atoms with Crippen LogP contribution in [-0.4, -0.2) is 61.7 Å². The number of amides is 3. The summed E-state index contributed by atoms with van der Waals surface area (Å²) < 4.78 is 38.0. The van der Waals surface area contributed by atoms with Crippen LogP contribution in [0.15, 0.2) is 0 Å². The first-order valence-corrected chi connectivity index (χ1v) is 10.3. The fraction of sp³-hybridized carbons (Fsp3) is 0.800. The number of rotatable bonds is 7. The lowest BCUT2D eigenvalue weighted by molar-refractivity contribution is -0.157. The highest BCUT2D eigenvalue weighted by molar-refractivity contribution is 7.81. The number of primary amides is 1. The van der Waals surface area contributed by atoms with Gasteiger partial charge in [0.1, 0.15) is 6.04 Å². The second kappa shape index (κ2) is 7.98. The summed E-state index contributed by atoms with van der Waals surface area (Å²) in [6.07, 6.45) is 5.05. The van der Waals surface area contributed by atoms with Crippen molar-refractivity contribution in [3.8, 4) is 0 Å². The third-order valence-electron chi connectivity index (χ3n) is 5.16. The molecule has 11 nitrogen and oxygen atoms in total. The molecule has 0 aromatic carbocycles. The number of carbonyl (C=O) groups is 3. The lowest BCUT2D eigenvalue weighted by Crippen LogP contribution is -2.47. The topological polar surface area (TPSA) is 146 Å². The van der Waals surface area contributed by atoms with Gasteiger partial charge in [0.25, 0.3) is 0 Å². The number of urea groups is 1. The Hall–Kier alpha value is -1.92. The second-order valence-electron chi connectivity index (χ2n) is 6.93. The van der Waals surface area contributed by atoms with Crippen molar-refractivity contribution < 1.29 is 36.0 Å². The van der Waals surface area contributed by atoms with E-state index in [2.05, 4.69) is 4.18 Å². The summed E-state index contributed by atoms with van der Waals surface area (Å²) in [5.74, 6) is -1.41. The van der Waals surface area contributed by atoms with Crippen molar-refractivity contribution in [3.63, 3.8) is 0 Å². The van der Waals surface area contributed by atoms with E-state index in [1.165, 1.54) is 4.90 Å². The second-order valence-corrected chi connectivity index (χ2v) is 8.13. The largest absolute Gasteiger partial charge is 0.437 e. The van der Waals surface area contributed by atoms with E-state index in [4.69, 9.17) is 14.8 Å². The predicted octanol–water partition coefficient (Wildman–Crippen LogP) is 0.0143. The smallest absolute Gasteiger partial charge is 0.424 e. The summed E-state index contributed by atoms with van der Waals surface area (Å²) in [5.41, 5.74) is 5.26. The third-order valence-corrected chi connectivity index (χ3v) is 5.88. The lowest BCUT2D eigenvalue weighted by Gasteiger charge is -2.27. The zero-order valence-electron chi connectivity index (χ0n) is 14.7. The molecule has 2 atom stereocenters. The minimum absolute atomic E-state index is 0.138. The number of piperidine rings is 1. The van der Waals surface area contributed by atoms with Gasteiger partial charge >= 0.3 is 22.4 Å². The minimum atomic E-state index is -4.62. The maximum absolute atomic E-state index is 12.3. The van der Waals surface area contributed by atoms with Crippen molar-refractivity contribution in [2.24, 2.45) is 11.7 Å². The van der Waals surface area contributed by atoms with Gasteiger partial charge in [0, 0.05) is 6.54 Å². The third kappa shape index (κ3) is 4.50. The molecule has 1 saturated carbocycles. The number of hydrogen-bond donors (Lipinski definition) is 1. The van der Waals surface area contributed by atoms with Crippen LogP contribution < -0.4 is 5.73 Å². The SMILES string of the molecule is NC(=O)[C@@H]1CC[C@@H]2CN1C(=O)N2OS(=O)(=O)OCOC(=O)C1CCCCC1. The average Bonchev–Trinajstić information content (AvgIpc) is 2.86. The summed E-state index contributed by atoms with van der Waals surface area (Å²) >= 11 is 0. The van der Waals surface area contributed by atoms with Crippen molar-refractivity contribution in [2.75, 3.05) is 13.3 Å². The summed E-state index contributed by atoms with van der Waals surface area (Å²) in [5, 5.41) is 0.668. The molecule has 3 aliphatic rings. The number of hydroxylamine groups is 2. The van der Waals surface area contributed by atoms with Gasteiger partial charge in [0.05, 0.1) is 12.0 Å². The minimum Gasteiger partial charge on any atom is -0.437 e. The normalized spacial score (nSPS) is 26.3. The molecule has 2 bridgehead atoms. The molecule has 0 aromatic rings. The first kappa shape index (κ1) is 19.8. The van der Waals surface area contributed by atoms with Crippen LogP contribution in [-0.2, 0) is 33.2 Å². The Morgan fingerprint density at radius 1 is 1.11 bits per heavy atom. The van der Waals surface area contributed by atoms with E-state index in [9.17, 15) is 22.8 Å². The Kier molecular flexibility index (Phi) is 5.86. The Morgan fingerprint density at radius 2 is 1.81 bits per heavy atom. The number of carbonyl (C=O) groups excluding carboxylic acids is 3. The molecular formula is C15H23N3O8S. The van der Waals surface area contributed by atoms with E-state index in [1.54, 1.807) is 0 Å². The fourth-order valence-corrected chi connectivity index (χ4v) is 4.33. The molecule has 1 aliphatic carbocycles. The molecule has 3 fully saturated rings. The van der Waals surface area contributed by atoms with E-state index in [1.807, 2.05) is 0 Å². The highest BCUT2D eigenvalue weighted by atomic mass is 32.3. The van der Waals surface area contributed by atoms with Gasteiger partial charge in [-0.05, 0) is 25.7 Å². The van der Waals surface area contributed by atoms with Crippen LogP contribution in [0.3, 0.4) is 0 Å². The van der Waals surface area contributed by atoms with Gasteiger partial charge in [0.2, 0.25) is 12.7 Å². The zero-order chi connectivity index (χ0) is 19.6. The number of nitrogens with zero attached hydrogens (tertiary/aromatic N) is 2. The Labute approximate surface area is 157 Å². The number of nitrogens with two attached hydrogens (primary N) is 1. The quantitative estimate of drug-likeness (QED) is 0.460. The van der Waals surface area contributed by atoms with Gasteiger partial charge in [-0.3, -0.25) is 9.59 Å². The van der Waals surface area contributed by atoms with Crippen LogP contribution in [0.5, 0.6) is 0 Å². The molecule has 3 amide bonds. The highest BCUT2D eigenvalue weighted by Crippen LogP contribution is 2.31. The molecule has 0 radical (unpaired) electrons. The summed E-state index contributed by atoms with van der Waals surface area (Å²) in [4.78, 5) is 36.7. The first-order chi connectivity index (χ1) is 12.8. The van der Waals surface area contributed by atoms with E-state index in [0.29, 0.717) is 30.7 Å². The molecule has 27 heavy (non-hydrogen) atoms. The molecule has 12 heteroatoms. The van der Waals surface area contributed by atoms with Crippen molar-refractivity contribution in [2.45, 2.75) is 57.0 Å². The zero-order valence-corrected chi connectivity index (χ0v) is 15.6. The molecule has 0 aromatic heterocycles. The molecule has 0 spiro atoms. The number of esters is 1. The van der Waals surface area contributed by atoms with Gasteiger partial charge in [-0.25, -0.2) is 8.98 Å². The molecule has 0 unspecified atom stereocenters. The first-order valence-electron chi connectivity index (χ1n) is 8.93. The van der Waals surface area contributed by atoms with Gasteiger partial charge in [-0.2, -0.15) is 13.5 Å². The molecule has 2 N–H and O–H groups in total. The molecule has 2 heterocycles. The number of fused-ring (bicyclic) bond motifs is 2. The number of hydrogen-bond acceptors (Lipinski definition) is 8. The van der Waals surface area contributed by atoms with Crippen LogP contribution in [0, 0.1) is 5.92 Å². The van der Waals surface area contributed by atoms with Crippen molar-refractivity contribution >= 4 is 28.3 Å².